The van der Waals surface area contributed by atoms with Gasteiger partial charge in [0.05, 0.1) is 6.61 Å². The summed E-state index contributed by atoms with van der Waals surface area (Å²) in [4.78, 5) is 27.5. The number of amides is 2. The lowest BCUT2D eigenvalue weighted by atomic mass is 9.85. The lowest BCUT2D eigenvalue weighted by Crippen LogP contribution is -2.52. The third-order valence-electron chi connectivity index (χ3n) is 4.73. The fourth-order valence-electron chi connectivity index (χ4n) is 3.81. The Hall–Kier alpha value is -1.30. The minimum absolute atomic E-state index is 0.0606. The highest BCUT2D eigenvalue weighted by molar-refractivity contribution is 5.84. The number of aliphatic carboxylic acids is 1. The number of aliphatic hydroxyl groups excluding tert-OH is 1. The van der Waals surface area contributed by atoms with E-state index in [1.54, 1.807) is 9.80 Å². The molecule has 0 spiro atoms. The molecule has 21 heavy (non-hydrogen) atoms. The smallest absolute Gasteiger partial charge is 0.326 e. The van der Waals surface area contributed by atoms with Gasteiger partial charge in [0.1, 0.15) is 6.04 Å². The Morgan fingerprint density at radius 2 is 1.95 bits per heavy atom. The van der Waals surface area contributed by atoms with E-state index in [0.717, 1.165) is 32.1 Å². The van der Waals surface area contributed by atoms with Crippen molar-refractivity contribution < 1.29 is 19.8 Å². The first-order chi connectivity index (χ1) is 10.1. The minimum atomic E-state index is -0.904. The number of carboxylic acids is 1. The lowest BCUT2D eigenvalue weighted by molar-refractivity contribution is -0.141. The van der Waals surface area contributed by atoms with Gasteiger partial charge in [-0.05, 0) is 31.6 Å². The molecule has 3 atom stereocenters. The Kier molecular flexibility index (Phi) is 5.45. The predicted octanol–water partition coefficient (Wildman–Crippen LogP) is 1.53. The summed E-state index contributed by atoms with van der Waals surface area (Å²) < 4.78 is 0. The first-order valence-corrected chi connectivity index (χ1v) is 8.01. The molecule has 0 bridgehead atoms. The maximum Gasteiger partial charge on any atom is 0.326 e. The Labute approximate surface area is 125 Å². The van der Waals surface area contributed by atoms with Gasteiger partial charge in [0.15, 0.2) is 0 Å². The van der Waals surface area contributed by atoms with Gasteiger partial charge in [0.2, 0.25) is 0 Å². The summed E-state index contributed by atoms with van der Waals surface area (Å²) in [6.45, 7) is 2.71. The van der Waals surface area contributed by atoms with E-state index in [4.69, 9.17) is 5.11 Å². The number of nitrogens with zero attached hydrogens (tertiary/aromatic N) is 2. The average Bonchev–Trinajstić information content (AvgIpc) is 2.86. The van der Waals surface area contributed by atoms with Gasteiger partial charge in [-0.3, -0.25) is 0 Å². The van der Waals surface area contributed by atoms with Crippen molar-refractivity contribution in [3.8, 4) is 0 Å². The van der Waals surface area contributed by atoms with Gasteiger partial charge in [-0.25, -0.2) is 9.59 Å². The van der Waals surface area contributed by atoms with Crippen molar-refractivity contribution in [1.29, 1.82) is 0 Å². The summed E-state index contributed by atoms with van der Waals surface area (Å²) in [6.07, 6.45) is 5.48. The average molecular weight is 298 g/mol. The first-order valence-electron chi connectivity index (χ1n) is 8.01. The summed E-state index contributed by atoms with van der Waals surface area (Å²) in [5, 5.41) is 18.6. The van der Waals surface area contributed by atoms with Crippen LogP contribution in [0.2, 0.25) is 0 Å². The fourth-order valence-corrected chi connectivity index (χ4v) is 3.81. The molecular weight excluding hydrogens is 272 g/mol. The van der Waals surface area contributed by atoms with E-state index < -0.39 is 12.0 Å². The zero-order valence-corrected chi connectivity index (χ0v) is 12.7. The zero-order chi connectivity index (χ0) is 15.4. The van der Waals surface area contributed by atoms with E-state index in [0.29, 0.717) is 18.9 Å². The molecule has 120 valence electrons. The number of urea groups is 1. The number of carbonyl (C=O) groups excluding carboxylic acids is 1. The largest absolute Gasteiger partial charge is 0.480 e. The van der Waals surface area contributed by atoms with Crippen molar-refractivity contribution >= 4 is 12.0 Å². The Bertz CT molecular complexity index is 382. The summed E-state index contributed by atoms with van der Waals surface area (Å²) in [5.74, 6) is -0.584. The predicted molar refractivity (Wildman–Crippen MR) is 78.0 cm³/mol. The fraction of sp³-hybridized carbons (Fsp3) is 0.867. The van der Waals surface area contributed by atoms with E-state index in [1.807, 2.05) is 6.92 Å². The first kappa shape index (κ1) is 16.1. The molecule has 1 saturated heterocycles. The number of carboxylic acid groups (broad SMARTS) is 1. The van der Waals surface area contributed by atoms with Crippen LogP contribution in [0.5, 0.6) is 0 Å². The standard InChI is InChI=1S/C15H26N2O4/c1-2-7-16(8-9-18)15(21)17-12-6-4-3-5-11(12)10-13(17)14(19)20/h11-13,18H,2-10H2,1H3,(H,19,20). The Morgan fingerprint density at radius 1 is 1.24 bits per heavy atom. The minimum Gasteiger partial charge on any atom is -0.480 e. The van der Waals surface area contributed by atoms with E-state index in [9.17, 15) is 14.7 Å². The third-order valence-corrected chi connectivity index (χ3v) is 4.73. The van der Waals surface area contributed by atoms with Crippen LogP contribution >= 0.6 is 0 Å². The van der Waals surface area contributed by atoms with Gasteiger partial charge < -0.3 is 20.0 Å². The summed E-state index contributed by atoms with van der Waals surface area (Å²) in [7, 11) is 0. The summed E-state index contributed by atoms with van der Waals surface area (Å²) in [5.41, 5.74) is 0. The third kappa shape index (κ3) is 3.31. The number of fused-ring (bicyclic) bond motifs is 1. The maximum absolute atomic E-state index is 12.8. The lowest BCUT2D eigenvalue weighted by Gasteiger charge is -2.36. The highest BCUT2D eigenvalue weighted by atomic mass is 16.4. The van der Waals surface area contributed by atoms with Crippen molar-refractivity contribution in [2.45, 2.75) is 57.5 Å². The van der Waals surface area contributed by atoms with Gasteiger partial charge in [0, 0.05) is 19.1 Å². The molecule has 0 radical (unpaired) electrons. The maximum atomic E-state index is 12.8. The Morgan fingerprint density at radius 3 is 2.57 bits per heavy atom. The second-order valence-electron chi connectivity index (χ2n) is 6.10. The van der Waals surface area contributed by atoms with Crippen molar-refractivity contribution in [3.05, 3.63) is 0 Å². The van der Waals surface area contributed by atoms with Crippen molar-refractivity contribution in [3.63, 3.8) is 0 Å². The topological polar surface area (TPSA) is 81.1 Å². The molecule has 2 rings (SSSR count). The number of likely N-dealkylation sites (tertiary alicyclic amines) is 1. The van der Waals surface area contributed by atoms with Gasteiger partial charge >= 0.3 is 12.0 Å². The summed E-state index contributed by atoms with van der Waals surface area (Å²) >= 11 is 0. The monoisotopic (exact) mass is 298 g/mol. The highest BCUT2D eigenvalue weighted by Crippen LogP contribution is 2.40. The molecule has 3 unspecified atom stereocenters. The quantitative estimate of drug-likeness (QED) is 0.806. The molecule has 2 aliphatic rings. The van der Waals surface area contributed by atoms with Crippen LogP contribution in [-0.4, -0.2) is 63.8 Å². The van der Waals surface area contributed by atoms with Crippen LogP contribution in [0.15, 0.2) is 0 Å². The molecule has 6 heteroatoms. The second-order valence-corrected chi connectivity index (χ2v) is 6.10. The van der Waals surface area contributed by atoms with Gasteiger partial charge in [-0.2, -0.15) is 0 Å². The normalized spacial score (nSPS) is 28.3. The van der Waals surface area contributed by atoms with Crippen LogP contribution in [-0.2, 0) is 4.79 Å². The highest BCUT2D eigenvalue weighted by Gasteiger charge is 2.48. The molecule has 0 aromatic heterocycles. The number of carbonyl (C=O) groups is 2. The number of aliphatic hydroxyl groups is 1. The number of rotatable bonds is 5. The van der Waals surface area contributed by atoms with Crippen molar-refractivity contribution in [1.82, 2.24) is 9.80 Å². The molecule has 6 nitrogen and oxygen atoms in total. The zero-order valence-electron chi connectivity index (χ0n) is 12.7. The molecular formula is C15H26N2O4. The van der Waals surface area contributed by atoms with Crippen molar-refractivity contribution in [2.75, 3.05) is 19.7 Å². The second kappa shape index (κ2) is 7.11. The summed E-state index contributed by atoms with van der Waals surface area (Å²) in [6, 6.07) is -0.859. The van der Waals surface area contributed by atoms with Crippen molar-refractivity contribution in [2.24, 2.45) is 5.92 Å². The van der Waals surface area contributed by atoms with Gasteiger partial charge in [-0.15, -0.1) is 0 Å². The van der Waals surface area contributed by atoms with Crippen LogP contribution in [0.3, 0.4) is 0 Å². The number of hydrogen-bond acceptors (Lipinski definition) is 3. The number of hydrogen-bond donors (Lipinski definition) is 2. The molecule has 1 aliphatic heterocycles. The molecule has 1 aliphatic carbocycles. The van der Waals surface area contributed by atoms with Crippen LogP contribution in [0, 0.1) is 5.92 Å². The van der Waals surface area contributed by atoms with E-state index in [2.05, 4.69) is 0 Å². The van der Waals surface area contributed by atoms with Gasteiger partial charge in [0.25, 0.3) is 0 Å². The molecule has 2 fully saturated rings. The van der Waals surface area contributed by atoms with Gasteiger partial charge in [-0.1, -0.05) is 19.8 Å². The van der Waals surface area contributed by atoms with Crippen LogP contribution in [0.1, 0.15) is 45.4 Å². The van der Waals surface area contributed by atoms with Crippen LogP contribution in [0.25, 0.3) is 0 Å². The molecule has 1 heterocycles. The van der Waals surface area contributed by atoms with E-state index >= 15 is 0 Å². The molecule has 2 amide bonds. The molecule has 0 aromatic carbocycles. The molecule has 0 aromatic rings. The van der Waals surface area contributed by atoms with E-state index in [-0.39, 0.29) is 25.2 Å². The van der Waals surface area contributed by atoms with E-state index in [1.165, 1.54) is 0 Å². The van der Waals surface area contributed by atoms with Crippen LogP contribution in [0.4, 0.5) is 4.79 Å². The SMILES string of the molecule is CCCN(CCO)C(=O)N1C(C(=O)O)CC2CCCCC21. The molecule has 1 saturated carbocycles. The van der Waals surface area contributed by atoms with Crippen LogP contribution < -0.4 is 0 Å². The Balaban J connectivity index is 2.19. The molecule has 2 N–H and O–H groups in total.